The van der Waals surface area contributed by atoms with Crippen molar-refractivity contribution < 1.29 is 4.39 Å². The van der Waals surface area contributed by atoms with Crippen LogP contribution >= 0.6 is 15.9 Å². The van der Waals surface area contributed by atoms with Crippen LogP contribution in [0.3, 0.4) is 0 Å². The molecule has 1 aromatic rings. The quantitative estimate of drug-likeness (QED) is 0.854. The molecule has 0 radical (unpaired) electrons. The highest BCUT2D eigenvalue weighted by molar-refractivity contribution is 9.10. The normalized spacial score (nSPS) is 17.9. The molecule has 2 rings (SSSR count). The molecule has 0 bridgehead atoms. The van der Waals surface area contributed by atoms with Crippen LogP contribution in [0.5, 0.6) is 0 Å². The van der Waals surface area contributed by atoms with Gasteiger partial charge in [-0.1, -0.05) is 19.3 Å². The second-order valence-electron chi connectivity index (χ2n) is 4.70. The third kappa shape index (κ3) is 2.97. The summed E-state index contributed by atoms with van der Waals surface area (Å²) in [6, 6.07) is 5.23. The lowest BCUT2D eigenvalue weighted by Crippen LogP contribution is -2.23. The van der Waals surface area contributed by atoms with Crippen molar-refractivity contribution in [1.82, 2.24) is 0 Å². The molecule has 1 saturated carbocycles. The molecule has 1 nitrogen and oxygen atoms in total. The van der Waals surface area contributed by atoms with Gasteiger partial charge in [0.15, 0.2) is 0 Å². The lowest BCUT2D eigenvalue weighted by molar-refractivity contribution is 0.286. The highest BCUT2D eigenvalue weighted by Crippen LogP contribution is 2.32. The van der Waals surface area contributed by atoms with Gasteiger partial charge in [-0.2, -0.15) is 0 Å². The number of hydrogen-bond acceptors (Lipinski definition) is 1. The molecule has 0 spiro atoms. The van der Waals surface area contributed by atoms with Crippen LogP contribution < -0.4 is 5.32 Å². The highest BCUT2D eigenvalue weighted by atomic mass is 79.9. The highest BCUT2D eigenvalue weighted by Gasteiger charge is 2.20. The summed E-state index contributed by atoms with van der Waals surface area (Å²) in [6.45, 7) is 2.19. The zero-order valence-corrected chi connectivity index (χ0v) is 11.1. The maximum atomic E-state index is 12.9. The molecule has 1 N–H and O–H groups in total. The summed E-state index contributed by atoms with van der Waals surface area (Å²) in [5.74, 6) is 0.686. The molecule has 0 aromatic heterocycles. The van der Waals surface area contributed by atoms with E-state index in [9.17, 15) is 4.39 Å². The molecule has 0 saturated heterocycles. The van der Waals surface area contributed by atoms with Crippen molar-refractivity contribution in [3.05, 3.63) is 28.5 Å². The molecule has 1 unspecified atom stereocenters. The van der Waals surface area contributed by atoms with E-state index in [-0.39, 0.29) is 5.82 Å². The predicted octanol–water partition coefficient (Wildman–Crippen LogP) is 4.58. The second kappa shape index (κ2) is 5.17. The van der Waals surface area contributed by atoms with Gasteiger partial charge in [-0.3, -0.25) is 0 Å². The van der Waals surface area contributed by atoms with Crippen molar-refractivity contribution in [3.63, 3.8) is 0 Å². The number of anilines is 1. The SMILES string of the molecule is CC(CC1CCC1)Nc1ccc(F)cc1Br. The molecule has 1 fully saturated rings. The van der Waals surface area contributed by atoms with Crippen molar-refractivity contribution in [3.8, 4) is 0 Å². The van der Waals surface area contributed by atoms with Crippen LogP contribution in [-0.2, 0) is 0 Å². The standard InChI is InChI=1S/C13H17BrFN/c1-9(7-10-3-2-4-10)16-13-6-5-11(15)8-12(13)14/h5-6,8-10,16H,2-4,7H2,1H3. The van der Waals surface area contributed by atoms with E-state index in [1.165, 1.54) is 37.8 Å². The third-order valence-corrected chi connectivity index (χ3v) is 3.90. The Kier molecular flexibility index (Phi) is 3.85. The van der Waals surface area contributed by atoms with Gasteiger partial charge < -0.3 is 5.32 Å². The van der Waals surface area contributed by atoms with Gasteiger partial charge in [-0.25, -0.2) is 4.39 Å². The van der Waals surface area contributed by atoms with Crippen LogP contribution in [-0.4, -0.2) is 6.04 Å². The fourth-order valence-electron chi connectivity index (χ4n) is 2.16. The van der Waals surface area contributed by atoms with Gasteiger partial charge in [-0.15, -0.1) is 0 Å². The monoisotopic (exact) mass is 285 g/mol. The Morgan fingerprint density at radius 3 is 2.81 bits per heavy atom. The van der Waals surface area contributed by atoms with E-state index in [1.807, 2.05) is 0 Å². The first-order valence-electron chi connectivity index (χ1n) is 5.87. The minimum absolute atomic E-state index is 0.205. The van der Waals surface area contributed by atoms with Crippen molar-refractivity contribution in [2.24, 2.45) is 5.92 Å². The van der Waals surface area contributed by atoms with Gasteiger partial charge in [0.2, 0.25) is 0 Å². The van der Waals surface area contributed by atoms with E-state index >= 15 is 0 Å². The van der Waals surface area contributed by atoms with Gasteiger partial charge in [0, 0.05) is 16.2 Å². The Morgan fingerprint density at radius 2 is 2.25 bits per heavy atom. The molecule has 0 amide bonds. The van der Waals surface area contributed by atoms with Crippen molar-refractivity contribution in [2.75, 3.05) is 5.32 Å². The van der Waals surface area contributed by atoms with Crippen molar-refractivity contribution >= 4 is 21.6 Å². The first-order valence-corrected chi connectivity index (χ1v) is 6.66. The molecule has 0 heterocycles. The summed E-state index contributed by atoms with van der Waals surface area (Å²) in [6.07, 6.45) is 5.34. The van der Waals surface area contributed by atoms with E-state index in [2.05, 4.69) is 28.2 Å². The van der Waals surface area contributed by atoms with E-state index < -0.39 is 0 Å². The Morgan fingerprint density at radius 1 is 1.50 bits per heavy atom. The molecular formula is C13H17BrFN. The molecule has 88 valence electrons. The minimum Gasteiger partial charge on any atom is -0.382 e. The topological polar surface area (TPSA) is 12.0 Å². The van der Waals surface area contributed by atoms with Gasteiger partial charge in [0.05, 0.1) is 0 Å². The first-order chi connectivity index (χ1) is 7.65. The summed E-state index contributed by atoms with van der Waals surface area (Å²) in [4.78, 5) is 0. The predicted molar refractivity (Wildman–Crippen MR) is 69.1 cm³/mol. The smallest absolute Gasteiger partial charge is 0.124 e. The largest absolute Gasteiger partial charge is 0.382 e. The Labute approximate surface area is 105 Å². The van der Waals surface area contributed by atoms with Crippen LogP contribution in [0.15, 0.2) is 22.7 Å². The fraction of sp³-hybridized carbons (Fsp3) is 0.538. The van der Waals surface area contributed by atoms with E-state index in [0.29, 0.717) is 6.04 Å². The Balaban J connectivity index is 1.91. The van der Waals surface area contributed by atoms with Crippen LogP contribution in [0.4, 0.5) is 10.1 Å². The van der Waals surface area contributed by atoms with Crippen LogP contribution in [0.1, 0.15) is 32.6 Å². The maximum Gasteiger partial charge on any atom is 0.124 e. The average molecular weight is 286 g/mol. The van der Waals surface area contributed by atoms with Gasteiger partial charge in [-0.05, 0) is 53.4 Å². The summed E-state index contributed by atoms with van der Waals surface area (Å²) >= 11 is 3.37. The lowest BCUT2D eigenvalue weighted by atomic mass is 9.81. The number of halogens is 2. The van der Waals surface area contributed by atoms with E-state index in [4.69, 9.17) is 0 Å². The Bertz CT molecular complexity index is 363. The Hall–Kier alpha value is -0.570. The van der Waals surface area contributed by atoms with Crippen LogP contribution in [0.2, 0.25) is 0 Å². The summed E-state index contributed by atoms with van der Waals surface area (Å²) < 4.78 is 13.7. The fourth-order valence-corrected chi connectivity index (χ4v) is 2.62. The van der Waals surface area contributed by atoms with Gasteiger partial charge >= 0.3 is 0 Å². The summed E-state index contributed by atoms with van der Waals surface area (Å²) in [5, 5.41) is 3.42. The second-order valence-corrected chi connectivity index (χ2v) is 5.56. The molecule has 0 aliphatic heterocycles. The van der Waals surface area contributed by atoms with Crippen LogP contribution in [0, 0.1) is 11.7 Å². The van der Waals surface area contributed by atoms with E-state index in [0.717, 1.165) is 16.1 Å². The van der Waals surface area contributed by atoms with Crippen molar-refractivity contribution in [1.29, 1.82) is 0 Å². The zero-order chi connectivity index (χ0) is 11.5. The first kappa shape index (κ1) is 11.9. The molecule has 3 heteroatoms. The van der Waals surface area contributed by atoms with Gasteiger partial charge in [0.25, 0.3) is 0 Å². The number of rotatable bonds is 4. The molecule has 1 atom stereocenters. The molecule has 1 aliphatic carbocycles. The molecule has 1 aromatic carbocycles. The van der Waals surface area contributed by atoms with Crippen LogP contribution in [0.25, 0.3) is 0 Å². The molecular weight excluding hydrogens is 269 g/mol. The van der Waals surface area contributed by atoms with Gasteiger partial charge in [0.1, 0.15) is 5.82 Å². The van der Waals surface area contributed by atoms with E-state index in [1.54, 1.807) is 6.07 Å². The molecule has 16 heavy (non-hydrogen) atoms. The number of hydrogen-bond donors (Lipinski definition) is 1. The third-order valence-electron chi connectivity index (χ3n) is 3.24. The van der Waals surface area contributed by atoms with Crippen molar-refractivity contribution in [2.45, 2.75) is 38.6 Å². The summed E-state index contributed by atoms with van der Waals surface area (Å²) in [7, 11) is 0. The average Bonchev–Trinajstić information content (AvgIpc) is 2.16. The number of benzene rings is 1. The number of nitrogens with one attached hydrogen (secondary N) is 1. The zero-order valence-electron chi connectivity index (χ0n) is 9.47. The minimum atomic E-state index is -0.205. The summed E-state index contributed by atoms with van der Waals surface area (Å²) in [5.41, 5.74) is 0.980. The molecule has 1 aliphatic rings. The maximum absolute atomic E-state index is 12.9. The lowest BCUT2D eigenvalue weighted by Gasteiger charge is -2.29.